The Hall–Kier alpha value is -1.37. The minimum Gasteiger partial charge on any atom is -0.394 e. The van der Waals surface area contributed by atoms with E-state index in [1.54, 1.807) is 0 Å². The molecule has 1 saturated heterocycles. The number of nitrogens with two attached hydrogens (primary N) is 1. The molecule has 1 unspecified atom stereocenters. The predicted molar refractivity (Wildman–Crippen MR) is 70.6 cm³/mol. The van der Waals surface area contributed by atoms with E-state index >= 15 is 0 Å². The van der Waals surface area contributed by atoms with Gasteiger partial charge in [0, 0.05) is 12.3 Å². The Kier molecular flexibility index (Phi) is 6.17. The van der Waals surface area contributed by atoms with Crippen molar-refractivity contribution in [3.63, 3.8) is 0 Å². The largest absolute Gasteiger partial charge is 0.466 e. The first-order valence-electron chi connectivity index (χ1n) is 5.84. The van der Waals surface area contributed by atoms with Crippen LogP contribution in [0.3, 0.4) is 0 Å². The molecular formula is C9H16N3O9P. The standard InChI is InChI=1S/C9H13N3O5.H3O4P/c10-6-7(15)4(3-13)17-8(6)12-2-1-5(14)11-9(12)16;1-5(2,3)4/h1-2,4,6-8,13,15H,3,10H2,(H,11,14,16);(H3,1,2,3,4)/t4-,6?,7-,8-;/m1./s1. The SMILES string of the molecule is NC1[C@H](n2ccc(=O)[nH]c2=O)O[C@H](CO)[C@H]1O.O=P(O)(O)O. The van der Waals surface area contributed by atoms with Gasteiger partial charge in [0.1, 0.15) is 12.2 Å². The third-order valence-electron chi connectivity index (χ3n) is 2.72. The van der Waals surface area contributed by atoms with Gasteiger partial charge in [-0.05, 0) is 0 Å². The number of ether oxygens (including phenoxy) is 1. The van der Waals surface area contributed by atoms with Gasteiger partial charge in [-0.3, -0.25) is 14.3 Å². The van der Waals surface area contributed by atoms with Gasteiger partial charge < -0.3 is 35.4 Å². The number of hydrogen-bond acceptors (Lipinski definition) is 7. The van der Waals surface area contributed by atoms with Crippen LogP contribution >= 0.6 is 7.82 Å². The van der Waals surface area contributed by atoms with Crippen LogP contribution in [0.4, 0.5) is 0 Å². The van der Waals surface area contributed by atoms with Crippen LogP contribution in [0.15, 0.2) is 21.9 Å². The topological polar surface area (TPSA) is 208 Å². The Morgan fingerprint density at radius 1 is 1.36 bits per heavy atom. The highest BCUT2D eigenvalue weighted by Gasteiger charge is 2.42. The second-order valence-electron chi connectivity index (χ2n) is 4.35. The quantitative estimate of drug-likeness (QED) is 0.261. The van der Waals surface area contributed by atoms with Gasteiger partial charge in [-0.1, -0.05) is 0 Å². The van der Waals surface area contributed by atoms with Gasteiger partial charge in [-0.25, -0.2) is 9.36 Å². The molecule has 0 saturated carbocycles. The lowest BCUT2D eigenvalue weighted by molar-refractivity contribution is -0.0465. The van der Waals surface area contributed by atoms with E-state index in [1.807, 2.05) is 0 Å². The van der Waals surface area contributed by atoms with E-state index in [-0.39, 0.29) is 0 Å². The fourth-order valence-electron chi connectivity index (χ4n) is 1.80. The molecule has 1 aromatic rings. The third-order valence-corrected chi connectivity index (χ3v) is 2.72. The summed E-state index contributed by atoms with van der Waals surface area (Å²) in [6.07, 6.45) is -1.58. The lowest BCUT2D eigenvalue weighted by atomic mass is 10.1. The van der Waals surface area contributed by atoms with Gasteiger partial charge in [0.15, 0.2) is 6.23 Å². The molecule has 1 aromatic heterocycles. The highest BCUT2D eigenvalue weighted by atomic mass is 31.2. The van der Waals surface area contributed by atoms with Crippen LogP contribution in [-0.2, 0) is 9.30 Å². The number of H-pyrrole nitrogens is 1. The summed E-state index contributed by atoms with van der Waals surface area (Å²) in [4.78, 5) is 46.0. The third kappa shape index (κ3) is 5.12. The number of hydrogen-bond donors (Lipinski definition) is 7. The number of aliphatic hydroxyl groups excluding tert-OH is 2. The number of nitrogens with one attached hydrogen (secondary N) is 1. The molecular weight excluding hydrogens is 325 g/mol. The zero-order valence-corrected chi connectivity index (χ0v) is 11.9. The minimum atomic E-state index is -4.64. The van der Waals surface area contributed by atoms with Crippen molar-refractivity contribution in [2.75, 3.05) is 6.61 Å². The summed E-state index contributed by atoms with van der Waals surface area (Å²) < 4.78 is 15.2. The molecule has 13 heteroatoms. The van der Waals surface area contributed by atoms with Crippen molar-refractivity contribution >= 4 is 7.82 Å². The van der Waals surface area contributed by atoms with Crippen molar-refractivity contribution in [1.82, 2.24) is 9.55 Å². The summed E-state index contributed by atoms with van der Waals surface area (Å²) in [7, 11) is -4.64. The van der Waals surface area contributed by atoms with E-state index in [0.717, 1.165) is 10.6 Å². The highest BCUT2D eigenvalue weighted by molar-refractivity contribution is 7.45. The smallest absolute Gasteiger partial charge is 0.394 e. The summed E-state index contributed by atoms with van der Waals surface area (Å²) in [6, 6.07) is 0.298. The Morgan fingerprint density at radius 2 is 1.91 bits per heavy atom. The van der Waals surface area contributed by atoms with Crippen LogP contribution < -0.4 is 17.0 Å². The fraction of sp³-hybridized carbons (Fsp3) is 0.556. The van der Waals surface area contributed by atoms with Crippen LogP contribution in [0.5, 0.6) is 0 Å². The molecule has 0 bridgehead atoms. The molecule has 126 valence electrons. The molecule has 1 aliphatic rings. The first kappa shape index (κ1) is 18.7. The molecule has 4 atom stereocenters. The van der Waals surface area contributed by atoms with E-state index in [1.165, 1.54) is 6.20 Å². The van der Waals surface area contributed by atoms with Gasteiger partial charge >= 0.3 is 13.5 Å². The Morgan fingerprint density at radius 3 is 2.32 bits per heavy atom. The monoisotopic (exact) mass is 341 g/mol. The lowest BCUT2D eigenvalue weighted by Gasteiger charge is -2.17. The predicted octanol–water partition coefficient (Wildman–Crippen LogP) is -3.81. The van der Waals surface area contributed by atoms with Crippen LogP contribution in [0, 0.1) is 0 Å². The van der Waals surface area contributed by atoms with Crippen LogP contribution in [0.25, 0.3) is 0 Å². The number of aromatic amines is 1. The molecule has 1 fully saturated rings. The van der Waals surface area contributed by atoms with Gasteiger partial charge in [-0.2, -0.15) is 0 Å². The fourth-order valence-corrected chi connectivity index (χ4v) is 1.80. The summed E-state index contributed by atoms with van der Waals surface area (Å²) >= 11 is 0. The van der Waals surface area contributed by atoms with Gasteiger partial charge in [0.25, 0.3) is 5.56 Å². The van der Waals surface area contributed by atoms with E-state index in [9.17, 15) is 14.7 Å². The second-order valence-corrected chi connectivity index (χ2v) is 5.37. The zero-order chi connectivity index (χ0) is 17.1. The summed E-state index contributed by atoms with van der Waals surface area (Å²) in [6.45, 7) is -0.399. The summed E-state index contributed by atoms with van der Waals surface area (Å²) in [5, 5.41) is 18.6. The minimum absolute atomic E-state index is 0.399. The average molecular weight is 341 g/mol. The number of nitrogens with zero attached hydrogens (tertiary/aromatic N) is 1. The maximum absolute atomic E-state index is 11.5. The molecule has 0 amide bonds. The number of phosphoric acid groups is 1. The molecule has 12 nitrogen and oxygen atoms in total. The number of aromatic nitrogens is 2. The zero-order valence-electron chi connectivity index (χ0n) is 11.0. The normalized spacial score (nSPS) is 28.1. The number of rotatable bonds is 2. The van der Waals surface area contributed by atoms with Crippen molar-refractivity contribution in [1.29, 1.82) is 0 Å². The molecule has 1 aliphatic heterocycles. The molecule has 2 heterocycles. The molecule has 0 radical (unpaired) electrons. The van der Waals surface area contributed by atoms with Crippen LogP contribution in [0.2, 0.25) is 0 Å². The van der Waals surface area contributed by atoms with Gasteiger partial charge in [-0.15, -0.1) is 0 Å². The summed E-state index contributed by atoms with van der Waals surface area (Å²) in [5.74, 6) is 0. The Labute approximate surface area is 122 Å². The first-order valence-corrected chi connectivity index (χ1v) is 7.41. The van der Waals surface area contributed by atoms with Crippen molar-refractivity contribution in [2.24, 2.45) is 5.73 Å². The van der Waals surface area contributed by atoms with E-state index in [0.29, 0.717) is 0 Å². The van der Waals surface area contributed by atoms with Crippen molar-refractivity contribution in [3.8, 4) is 0 Å². The van der Waals surface area contributed by atoms with Gasteiger partial charge in [0.05, 0.1) is 12.6 Å². The van der Waals surface area contributed by atoms with Crippen LogP contribution in [-0.4, -0.2) is 59.3 Å². The van der Waals surface area contributed by atoms with E-state index in [2.05, 4.69) is 4.98 Å². The highest BCUT2D eigenvalue weighted by Crippen LogP contribution is 2.26. The van der Waals surface area contributed by atoms with Gasteiger partial charge in [0.2, 0.25) is 0 Å². The molecule has 2 rings (SSSR count). The Balaban J connectivity index is 0.000000422. The maximum atomic E-state index is 11.5. The first-order chi connectivity index (χ1) is 10.0. The molecule has 22 heavy (non-hydrogen) atoms. The van der Waals surface area contributed by atoms with E-state index in [4.69, 9.17) is 34.8 Å². The van der Waals surface area contributed by atoms with Crippen molar-refractivity contribution < 1.29 is 34.2 Å². The number of aliphatic hydroxyl groups is 2. The summed E-state index contributed by atoms with van der Waals surface area (Å²) in [5.41, 5.74) is 4.48. The van der Waals surface area contributed by atoms with Crippen molar-refractivity contribution in [2.45, 2.75) is 24.5 Å². The second kappa shape index (κ2) is 7.26. The Bertz CT molecular complexity index is 644. The molecule has 8 N–H and O–H groups in total. The van der Waals surface area contributed by atoms with Crippen molar-refractivity contribution in [3.05, 3.63) is 33.1 Å². The molecule has 0 aliphatic carbocycles. The average Bonchev–Trinajstić information content (AvgIpc) is 2.64. The maximum Gasteiger partial charge on any atom is 0.466 e. The lowest BCUT2D eigenvalue weighted by Crippen LogP contribution is -2.42. The van der Waals surface area contributed by atoms with E-state index < -0.39 is 50.2 Å². The van der Waals surface area contributed by atoms with Crippen LogP contribution in [0.1, 0.15) is 6.23 Å². The molecule has 0 spiro atoms. The molecule has 0 aromatic carbocycles.